The maximum atomic E-state index is 13.0. The Bertz CT molecular complexity index is 541. The van der Waals surface area contributed by atoms with Crippen molar-refractivity contribution in [3.63, 3.8) is 0 Å². The third-order valence-corrected chi connectivity index (χ3v) is 10.0. The quantitative estimate of drug-likeness (QED) is 0.732. The molecule has 1 N–H and O–H groups in total. The molecule has 0 atom stereocenters. The first-order valence-corrected chi connectivity index (χ1v) is 10.8. The summed E-state index contributed by atoms with van der Waals surface area (Å²) in [6.45, 7) is 13.2. The van der Waals surface area contributed by atoms with Gasteiger partial charge in [0, 0.05) is 59.0 Å². The van der Waals surface area contributed by atoms with Crippen molar-refractivity contribution >= 4 is 18.9 Å². The van der Waals surface area contributed by atoms with Crippen LogP contribution in [0, 0.1) is 20.8 Å². The average Bonchev–Trinajstić information content (AvgIpc) is 2.31. The van der Waals surface area contributed by atoms with Gasteiger partial charge in [-0.2, -0.15) is 0 Å². The van der Waals surface area contributed by atoms with Gasteiger partial charge < -0.3 is 5.32 Å². The van der Waals surface area contributed by atoms with E-state index in [0.717, 1.165) is 24.7 Å². The summed E-state index contributed by atoms with van der Waals surface area (Å²) >= 11 is 0. The molecule has 1 aliphatic carbocycles. The number of nitrogens with one attached hydrogen (secondary N) is 1. The number of aryl methyl sites for hydroxylation is 3. The second-order valence-corrected chi connectivity index (χ2v) is 12.0. The Morgan fingerprint density at radius 1 is 1.18 bits per heavy atom. The third-order valence-electron chi connectivity index (χ3n) is 5.47. The molecular weight excluding hydrogens is 366 g/mol. The van der Waals surface area contributed by atoms with Crippen molar-refractivity contribution in [3.8, 4) is 0 Å². The van der Waals surface area contributed by atoms with Gasteiger partial charge in [-0.15, -0.1) is 0 Å². The fraction of sp³-hybridized carbons (Fsp3) is 0.611. The predicted octanol–water partition coefficient (Wildman–Crippen LogP) is 4.77. The Morgan fingerprint density at radius 3 is 2.05 bits per heavy atom. The number of hydrogen-bond donors (Lipinski definition) is 1. The van der Waals surface area contributed by atoms with Crippen LogP contribution in [0.25, 0.3) is 0 Å². The van der Waals surface area contributed by atoms with Crippen molar-refractivity contribution < 1.29 is 37.5 Å². The molecule has 1 aromatic carbocycles. The molecule has 0 aliphatic heterocycles. The molecule has 1 aliphatic rings. The molecule has 0 bridgehead atoms. The molecule has 119 valence electrons. The maximum absolute atomic E-state index is 13.0. The largest absolute Gasteiger partial charge is 0.322 e. The van der Waals surface area contributed by atoms with Gasteiger partial charge in [-0.05, 0) is 58.1 Å². The van der Waals surface area contributed by atoms with Crippen LogP contribution >= 0.6 is 7.26 Å². The van der Waals surface area contributed by atoms with Crippen LogP contribution in [0.4, 0.5) is 5.69 Å². The zero-order chi connectivity index (χ0) is 15.8. The minimum atomic E-state index is -1.20. The Morgan fingerprint density at radius 2 is 1.68 bits per heavy atom. The molecule has 0 spiro atoms. The van der Waals surface area contributed by atoms with Crippen molar-refractivity contribution in [1.29, 1.82) is 0 Å². The van der Waals surface area contributed by atoms with Gasteiger partial charge in [0.05, 0.1) is 6.16 Å². The molecule has 1 saturated carbocycles. The summed E-state index contributed by atoms with van der Waals surface area (Å²) in [4.78, 5) is 13.0. The van der Waals surface area contributed by atoms with E-state index in [4.69, 9.17) is 0 Å². The molecule has 1 aromatic rings. The van der Waals surface area contributed by atoms with Gasteiger partial charge in [0.15, 0.2) is 5.16 Å². The van der Waals surface area contributed by atoms with Crippen LogP contribution in [0.15, 0.2) is 12.1 Å². The van der Waals surface area contributed by atoms with Gasteiger partial charge in [0.1, 0.15) is 0 Å². The number of carbonyl (C=O) groups is 1. The minimum Gasteiger partial charge on any atom is -0.322 e. The van der Waals surface area contributed by atoms with Crippen LogP contribution < -0.4 is 5.32 Å². The van der Waals surface area contributed by atoms with Gasteiger partial charge in [-0.1, -0.05) is 17.7 Å². The first kappa shape index (κ1) is 20.3. The van der Waals surface area contributed by atoms with Crippen LogP contribution in [0.5, 0.6) is 0 Å². The SMILES string of the molecule is CC[P+](C)(C)C1(C(=O)Nc2c(C)cc(C)cc2C)CCC1.[Y]. The van der Waals surface area contributed by atoms with Crippen molar-refractivity contribution in [3.05, 3.63) is 28.8 Å². The van der Waals surface area contributed by atoms with E-state index < -0.39 is 7.26 Å². The van der Waals surface area contributed by atoms with Gasteiger partial charge in [-0.3, -0.25) is 4.79 Å². The number of benzene rings is 1. The molecule has 4 heteroatoms. The first-order valence-electron chi connectivity index (χ1n) is 7.96. The molecular formula is C18H29NOPY+. The number of anilines is 1. The molecule has 0 aromatic heterocycles. The summed E-state index contributed by atoms with van der Waals surface area (Å²) in [5.41, 5.74) is 4.61. The zero-order valence-corrected chi connectivity index (χ0v) is 18.6. The molecule has 0 heterocycles. The van der Waals surface area contributed by atoms with Crippen molar-refractivity contribution in [2.45, 2.75) is 52.1 Å². The number of carbonyl (C=O) groups excluding carboxylic acids is 1. The van der Waals surface area contributed by atoms with Crippen LogP contribution in [-0.4, -0.2) is 30.6 Å². The topological polar surface area (TPSA) is 29.1 Å². The number of rotatable bonds is 4. The van der Waals surface area contributed by atoms with E-state index in [2.05, 4.69) is 58.5 Å². The molecule has 1 amide bonds. The Balaban J connectivity index is 0.00000242. The molecule has 1 radical (unpaired) electrons. The zero-order valence-electron chi connectivity index (χ0n) is 14.9. The van der Waals surface area contributed by atoms with Crippen LogP contribution in [0.2, 0.25) is 0 Å². The third kappa shape index (κ3) is 3.50. The van der Waals surface area contributed by atoms with E-state index in [0.29, 0.717) is 0 Å². The molecule has 22 heavy (non-hydrogen) atoms. The van der Waals surface area contributed by atoms with Crippen LogP contribution in [0.1, 0.15) is 42.9 Å². The van der Waals surface area contributed by atoms with Crippen LogP contribution in [-0.2, 0) is 37.5 Å². The molecule has 2 nitrogen and oxygen atoms in total. The van der Waals surface area contributed by atoms with E-state index in [-0.39, 0.29) is 43.8 Å². The average molecular weight is 395 g/mol. The normalized spacial score (nSPS) is 16.5. The van der Waals surface area contributed by atoms with E-state index in [1.165, 1.54) is 23.1 Å². The Kier molecular flexibility index (Phi) is 6.83. The smallest absolute Gasteiger partial charge is 0.268 e. The molecule has 1 fully saturated rings. The van der Waals surface area contributed by atoms with E-state index in [1.807, 2.05) is 0 Å². The second-order valence-electron chi connectivity index (χ2n) is 7.11. The van der Waals surface area contributed by atoms with Crippen molar-refractivity contribution in [1.82, 2.24) is 0 Å². The summed E-state index contributed by atoms with van der Waals surface area (Å²) in [6, 6.07) is 4.30. The summed E-state index contributed by atoms with van der Waals surface area (Å²) in [5.74, 6) is 0.268. The fourth-order valence-corrected chi connectivity index (χ4v) is 6.27. The summed E-state index contributed by atoms with van der Waals surface area (Å²) in [6.07, 6.45) is 4.48. The molecule has 2 rings (SSSR count). The van der Waals surface area contributed by atoms with E-state index in [1.54, 1.807) is 0 Å². The fourth-order valence-electron chi connectivity index (χ4n) is 3.53. The summed E-state index contributed by atoms with van der Waals surface area (Å²) < 4.78 is 0. The van der Waals surface area contributed by atoms with Gasteiger partial charge in [0.25, 0.3) is 5.91 Å². The predicted molar refractivity (Wildman–Crippen MR) is 95.2 cm³/mol. The standard InChI is InChI=1S/C18H28NOP.Y/c1-7-21(5,6)18(9-8-10-18)17(20)19-16-14(3)11-13(2)12-15(16)4;/h11-12H,7-10H2,1-6H3;/p+1. The maximum Gasteiger partial charge on any atom is 0.268 e. The molecule has 0 unspecified atom stereocenters. The van der Waals surface area contributed by atoms with Gasteiger partial charge in [-0.25, -0.2) is 0 Å². The summed E-state index contributed by atoms with van der Waals surface area (Å²) in [5, 5.41) is 3.20. The van der Waals surface area contributed by atoms with Gasteiger partial charge >= 0.3 is 0 Å². The first-order chi connectivity index (χ1) is 9.73. The number of hydrogen-bond acceptors (Lipinski definition) is 1. The number of amides is 1. The van der Waals surface area contributed by atoms with Crippen LogP contribution in [0.3, 0.4) is 0 Å². The monoisotopic (exact) mass is 395 g/mol. The second kappa shape index (κ2) is 7.41. The minimum absolute atomic E-state index is 0. The van der Waals surface area contributed by atoms with E-state index in [9.17, 15) is 4.79 Å². The van der Waals surface area contributed by atoms with Crippen molar-refractivity contribution in [2.24, 2.45) is 0 Å². The van der Waals surface area contributed by atoms with Gasteiger partial charge in [0.2, 0.25) is 0 Å². The molecule has 0 saturated heterocycles. The Hall–Kier alpha value is 0.224. The van der Waals surface area contributed by atoms with E-state index >= 15 is 0 Å². The Labute approximate surface area is 161 Å². The van der Waals surface area contributed by atoms with Crippen molar-refractivity contribution in [2.75, 3.05) is 24.8 Å². The summed E-state index contributed by atoms with van der Waals surface area (Å²) in [7, 11) is -1.20.